The molecule has 1 fully saturated rings. The first kappa shape index (κ1) is 26.3. The molecule has 6 heteroatoms. The Bertz CT molecular complexity index is 1200. The fraction of sp³-hybridized carbons (Fsp3) is 0.333. The van der Waals surface area contributed by atoms with Crippen molar-refractivity contribution in [2.75, 3.05) is 6.61 Å². The van der Waals surface area contributed by atoms with Gasteiger partial charge in [0.25, 0.3) is 0 Å². The normalized spacial score (nSPS) is 20.8. The minimum Gasteiger partial charge on any atom is -0.375 e. The van der Waals surface area contributed by atoms with Gasteiger partial charge in [-0.1, -0.05) is 84.4 Å². The van der Waals surface area contributed by atoms with Crippen LogP contribution in [0.5, 0.6) is 0 Å². The molecular formula is C30H35NO4S. The second-order valence-corrected chi connectivity index (χ2v) is 11.1. The third kappa shape index (κ3) is 6.51. The molecule has 190 valence electrons. The number of aryl methyl sites for hydroxylation is 1. The van der Waals surface area contributed by atoms with Crippen LogP contribution in [0.1, 0.15) is 36.0 Å². The first-order valence-electron chi connectivity index (χ1n) is 12.5. The molecule has 36 heavy (non-hydrogen) atoms. The summed E-state index contributed by atoms with van der Waals surface area (Å²) in [4.78, 5) is 0.291. The molecule has 3 aromatic carbocycles. The quantitative estimate of drug-likeness (QED) is 0.305. The van der Waals surface area contributed by atoms with E-state index in [0.717, 1.165) is 23.1 Å². The van der Waals surface area contributed by atoms with Gasteiger partial charge in [0.2, 0.25) is 10.0 Å². The lowest BCUT2D eigenvalue weighted by atomic mass is 9.94. The molecule has 1 aliphatic heterocycles. The molecule has 1 aliphatic rings. The van der Waals surface area contributed by atoms with E-state index in [9.17, 15) is 8.42 Å². The molecule has 0 amide bonds. The predicted molar refractivity (Wildman–Crippen MR) is 143 cm³/mol. The molecule has 0 aromatic heterocycles. The molecule has 5 nitrogen and oxygen atoms in total. The Morgan fingerprint density at radius 1 is 0.889 bits per heavy atom. The molecule has 0 aliphatic carbocycles. The fourth-order valence-electron chi connectivity index (χ4n) is 4.76. The van der Waals surface area contributed by atoms with E-state index >= 15 is 0 Å². The van der Waals surface area contributed by atoms with E-state index in [1.807, 2.05) is 79.7 Å². The maximum atomic E-state index is 14.0. The molecule has 3 atom stereocenters. The molecule has 0 radical (unpaired) electrons. The van der Waals surface area contributed by atoms with Gasteiger partial charge in [-0.25, -0.2) is 8.42 Å². The van der Waals surface area contributed by atoms with E-state index in [2.05, 4.69) is 6.58 Å². The van der Waals surface area contributed by atoms with Crippen molar-refractivity contribution in [2.24, 2.45) is 0 Å². The van der Waals surface area contributed by atoms with Gasteiger partial charge in [0.05, 0.1) is 36.9 Å². The standard InChI is InChI=1S/C30H35NO4S/c1-3-10-27-17-20-30(35-22-26-13-8-5-9-14-26)29(23-34-21-25-11-6-4-7-12-25)31(27)36(32,33)28-18-15-24(2)16-19-28/h3-9,11-16,18-19,27,29-30H,1,10,17,20-23H2,2H3/t27-,29+,30-/m0/s1. The van der Waals surface area contributed by atoms with Crippen LogP contribution in [0.4, 0.5) is 0 Å². The first-order chi connectivity index (χ1) is 17.5. The van der Waals surface area contributed by atoms with E-state index in [4.69, 9.17) is 9.47 Å². The van der Waals surface area contributed by atoms with Gasteiger partial charge < -0.3 is 9.47 Å². The maximum absolute atomic E-state index is 14.0. The van der Waals surface area contributed by atoms with Crippen molar-refractivity contribution in [3.05, 3.63) is 114 Å². The van der Waals surface area contributed by atoms with Crippen LogP contribution in [0.15, 0.2) is 102 Å². The van der Waals surface area contributed by atoms with E-state index < -0.39 is 16.1 Å². The van der Waals surface area contributed by atoms with Gasteiger partial charge in [-0.05, 0) is 49.4 Å². The number of hydrogen-bond acceptors (Lipinski definition) is 4. The summed E-state index contributed by atoms with van der Waals surface area (Å²) in [6.45, 7) is 6.92. The molecule has 3 aromatic rings. The second kappa shape index (κ2) is 12.5. The Hall–Kier alpha value is -2.77. The minimum absolute atomic E-state index is 0.198. The Kier molecular flexibility index (Phi) is 9.10. The van der Waals surface area contributed by atoms with Crippen molar-refractivity contribution in [3.63, 3.8) is 0 Å². The fourth-order valence-corrected chi connectivity index (χ4v) is 6.62. The van der Waals surface area contributed by atoms with Crippen LogP contribution < -0.4 is 0 Å². The highest BCUT2D eigenvalue weighted by atomic mass is 32.2. The molecule has 0 unspecified atom stereocenters. The van der Waals surface area contributed by atoms with Gasteiger partial charge in [0, 0.05) is 6.04 Å². The summed E-state index contributed by atoms with van der Waals surface area (Å²) < 4.78 is 42.2. The molecule has 0 bridgehead atoms. The highest BCUT2D eigenvalue weighted by molar-refractivity contribution is 7.89. The highest BCUT2D eigenvalue weighted by Gasteiger charge is 2.44. The average Bonchev–Trinajstić information content (AvgIpc) is 2.89. The van der Waals surface area contributed by atoms with Crippen molar-refractivity contribution < 1.29 is 17.9 Å². The van der Waals surface area contributed by atoms with Crippen LogP contribution in [0.25, 0.3) is 0 Å². The number of ether oxygens (including phenoxy) is 2. The van der Waals surface area contributed by atoms with Crippen LogP contribution >= 0.6 is 0 Å². The zero-order chi connectivity index (χ0) is 25.4. The lowest BCUT2D eigenvalue weighted by Crippen LogP contribution is -2.58. The molecule has 1 saturated heterocycles. The third-order valence-corrected chi connectivity index (χ3v) is 8.63. The molecule has 0 spiro atoms. The Balaban J connectivity index is 1.63. The summed E-state index contributed by atoms with van der Waals surface area (Å²) in [6.07, 6.45) is 3.54. The van der Waals surface area contributed by atoms with E-state index in [1.54, 1.807) is 22.5 Å². The Labute approximate surface area is 215 Å². The van der Waals surface area contributed by atoms with E-state index in [0.29, 0.717) is 31.0 Å². The summed E-state index contributed by atoms with van der Waals surface area (Å²) in [7, 11) is -3.78. The third-order valence-electron chi connectivity index (χ3n) is 6.64. The van der Waals surface area contributed by atoms with Crippen molar-refractivity contribution in [1.29, 1.82) is 0 Å². The molecule has 1 heterocycles. The number of benzene rings is 3. The van der Waals surface area contributed by atoms with Gasteiger partial charge in [0.1, 0.15) is 0 Å². The van der Waals surface area contributed by atoms with Gasteiger partial charge in [0.15, 0.2) is 0 Å². The first-order valence-corrected chi connectivity index (χ1v) is 13.9. The van der Waals surface area contributed by atoms with Gasteiger partial charge in [-0.15, -0.1) is 6.58 Å². The Morgan fingerprint density at radius 3 is 2.11 bits per heavy atom. The summed E-state index contributed by atoms with van der Waals surface area (Å²) in [5.41, 5.74) is 3.12. The van der Waals surface area contributed by atoms with Crippen molar-refractivity contribution in [1.82, 2.24) is 4.31 Å². The lowest BCUT2D eigenvalue weighted by Gasteiger charge is -2.44. The summed E-state index contributed by atoms with van der Waals surface area (Å²) >= 11 is 0. The highest BCUT2D eigenvalue weighted by Crippen LogP contribution is 2.34. The summed E-state index contributed by atoms with van der Waals surface area (Å²) in [5.74, 6) is 0. The SMILES string of the molecule is C=CC[C@H]1CC[C@H](OCc2ccccc2)[C@@H](COCc2ccccc2)N1S(=O)(=O)c1ccc(C)cc1. The molecule has 0 saturated carbocycles. The minimum atomic E-state index is -3.78. The van der Waals surface area contributed by atoms with Gasteiger partial charge in [-0.2, -0.15) is 4.31 Å². The van der Waals surface area contributed by atoms with E-state index in [-0.39, 0.29) is 18.8 Å². The van der Waals surface area contributed by atoms with Crippen LogP contribution in [0.3, 0.4) is 0 Å². The largest absolute Gasteiger partial charge is 0.375 e. The molecular weight excluding hydrogens is 470 g/mol. The zero-order valence-corrected chi connectivity index (χ0v) is 21.6. The second-order valence-electron chi connectivity index (χ2n) is 9.31. The van der Waals surface area contributed by atoms with Gasteiger partial charge in [-0.3, -0.25) is 0 Å². The topological polar surface area (TPSA) is 55.8 Å². The van der Waals surface area contributed by atoms with Crippen molar-refractivity contribution in [3.8, 4) is 0 Å². The number of piperidine rings is 1. The summed E-state index contributed by atoms with van der Waals surface area (Å²) in [5, 5.41) is 0. The number of rotatable bonds is 11. The number of sulfonamides is 1. The average molecular weight is 506 g/mol. The van der Waals surface area contributed by atoms with Crippen molar-refractivity contribution in [2.45, 2.75) is 62.5 Å². The van der Waals surface area contributed by atoms with Crippen LogP contribution in [0.2, 0.25) is 0 Å². The van der Waals surface area contributed by atoms with Crippen molar-refractivity contribution >= 4 is 10.0 Å². The predicted octanol–water partition coefficient (Wildman–Crippen LogP) is 5.90. The van der Waals surface area contributed by atoms with Crippen LogP contribution in [-0.4, -0.2) is 37.5 Å². The summed E-state index contributed by atoms with van der Waals surface area (Å²) in [6, 6.07) is 26.3. The zero-order valence-electron chi connectivity index (χ0n) is 20.8. The molecule has 0 N–H and O–H groups in total. The Morgan fingerprint density at radius 2 is 1.50 bits per heavy atom. The van der Waals surface area contributed by atoms with Gasteiger partial charge >= 0.3 is 0 Å². The number of hydrogen-bond donors (Lipinski definition) is 0. The van der Waals surface area contributed by atoms with Crippen LogP contribution in [-0.2, 0) is 32.7 Å². The lowest BCUT2D eigenvalue weighted by molar-refractivity contribution is -0.0698. The monoisotopic (exact) mass is 505 g/mol. The van der Waals surface area contributed by atoms with Crippen LogP contribution in [0, 0.1) is 6.92 Å². The maximum Gasteiger partial charge on any atom is 0.243 e. The number of nitrogens with zero attached hydrogens (tertiary/aromatic N) is 1. The smallest absolute Gasteiger partial charge is 0.243 e. The van der Waals surface area contributed by atoms with E-state index in [1.165, 1.54) is 0 Å². The molecule has 4 rings (SSSR count).